The summed E-state index contributed by atoms with van der Waals surface area (Å²) in [4.78, 5) is 11.0. The van der Waals surface area contributed by atoms with Crippen LogP contribution in [0, 0.1) is 0 Å². The van der Waals surface area contributed by atoms with E-state index in [4.69, 9.17) is 14.0 Å². The highest BCUT2D eigenvalue weighted by Gasteiger charge is 2.50. The SMILES string of the molecule is CC(=O)OC1SCC2OB(c3ccccc3)OC21. The molecule has 0 bridgehead atoms. The van der Waals surface area contributed by atoms with Crippen molar-refractivity contribution < 1.29 is 18.8 Å². The van der Waals surface area contributed by atoms with Crippen LogP contribution in [-0.4, -0.2) is 36.5 Å². The third-order valence-corrected chi connectivity index (χ3v) is 4.21. The van der Waals surface area contributed by atoms with Crippen molar-refractivity contribution in [2.24, 2.45) is 0 Å². The van der Waals surface area contributed by atoms with Crippen LogP contribution in [0.1, 0.15) is 6.92 Å². The maximum Gasteiger partial charge on any atom is 0.494 e. The van der Waals surface area contributed by atoms with E-state index in [1.165, 1.54) is 6.92 Å². The van der Waals surface area contributed by atoms with Gasteiger partial charge in [-0.05, 0) is 5.46 Å². The predicted octanol–water partition coefficient (Wildman–Crippen LogP) is 0.802. The molecule has 1 aromatic carbocycles. The molecule has 2 heterocycles. The van der Waals surface area contributed by atoms with Gasteiger partial charge in [0.05, 0.1) is 6.10 Å². The molecule has 0 aromatic heterocycles. The Bertz CT molecular complexity index is 441. The molecule has 4 nitrogen and oxygen atoms in total. The van der Waals surface area contributed by atoms with Crippen molar-refractivity contribution in [3.8, 4) is 0 Å². The average Bonchev–Trinajstić information content (AvgIpc) is 2.92. The van der Waals surface area contributed by atoms with E-state index in [1.54, 1.807) is 11.8 Å². The molecule has 0 spiro atoms. The molecule has 2 fully saturated rings. The summed E-state index contributed by atoms with van der Waals surface area (Å²) in [5.41, 5.74) is 0.750. The molecule has 18 heavy (non-hydrogen) atoms. The number of fused-ring (bicyclic) bond motifs is 1. The van der Waals surface area contributed by atoms with E-state index in [-0.39, 0.29) is 30.7 Å². The van der Waals surface area contributed by atoms with Crippen molar-refractivity contribution in [2.75, 3.05) is 5.75 Å². The standard InChI is InChI=1S/C12H13BO4S/c1-8(14)15-12-11-10(7-18-12)16-13(17-11)9-5-3-2-4-6-9/h2-6,10-12H,7H2,1H3. The third-order valence-electron chi connectivity index (χ3n) is 2.99. The van der Waals surface area contributed by atoms with Crippen molar-refractivity contribution >= 4 is 30.3 Å². The second-order valence-corrected chi connectivity index (χ2v) is 5.46. The second kappa shape index (κ2) is 4.95. The Labute approximate surface area is 110 Å². The summed E-state index contributed by atoms with van der Waals surface area (Å²) in [7, 11) is -0.347. The minimum absolute atomic E-state index is 0.00422. The van der Waals surface area contributed by atoms with Gasteiger partial charge in [-0.1, -0.05) is 30.3 Å². The van der Waals surface area contributed by atoms with Crippen molar-refractivity contribution in [3.63, 3.8) is 0 Å². The fourth-order valence-corrected chi connectivity index (χ4v) is 3.47. The fraction of sp³-hybridized carbons (Fsp3) is 0.417. The Kier molecular flexibility index (Phi) is 3.32. The summed E-state index contributed by atoms with van der Waals surface area (Å²) in [6, 6.07) is 9.80. The molecule has 1 aromatic rings. The Hall–Kier alpha value is -0.975. The van der Waals surface area contributed by atoms with E-state index < -0.39 is 0 Å². The van der Waals surface area contributed by atoms with Crippen LogP contribution in [0.2, 0.25) is 0 Å². The van der Waals surface area contributed by atoms with Crippen molar-refractivity contribution in [1.82, 2.24) is 0 Å². The van der Waals surface area contributed by atoms with Gasteiger partial charge in [0.1, 0.15) is 6.10 Å². The lowest BCUT2D eigenvalue weighted by Crippen LogP contribution is -2.34. The molecule has 2 aliphatic heterocycles. The van der Waals surface area contributed by atoms with Gasteiger partial charge in [0.15, 0.2) is 5.44 Å². The minimum Gasteiger partial charge on any atom is -0.449 e. The van der Waals surface area contributed by atoms with Crippen molar-refractivity contribution in [2.45, 2.75) is 24.6 Å². The van der Waals surface area contributed by atoms with Crippen LogP contribution in [0.5, 0.6) is 0 Å². The summed E-state index contributed by atoms with van der Waals surface area (Å²) < 4.78 is 16.9. The van der Waals surface area contributed by atoms with Gasteiger partial charge in [0.2, 0.25) is 0 Å². The number of carbonyl (C=O) groups is 1. The molecule has 6 heteroatoms. The molecule has 2 aliphatic rings. The van der Waals surface area contributed by atoms with Crippen LogP contribution in [0.15, 0.2) is 30.3 Å². The first-order valence-corrected chi connectivity index (χ1v) is 6.93. The highest BCUT2D eigenvalue weighted by Crippen LogP contribution is 2.36. The highest BCUT2D eigenvalue weighted by atomic mass is 32.2. The van der Waals surface area contributed by atoms with Crippen molar-refractivity contribution in [1.29, 1.82) is 0 Å². The summed E-state index contributed by atoms with van der Waals surface area (Å²) in [5.74, 6) is 0.520. The summed E-state index contributed by atoms with van der Waals surface area (Å²) in [5, 5.41) is 0. The number of hydrogen-bond donors (Lipinski definition) is 0. The molecule has 3 rings (SSSR count). The first-order valence-electron chi connectivity index (χ1n) is 5.89. The molecule has 0 saturated carbocycles. The molecular formula is C12H13BO4S. The summed E-state index contributed by atoms with van der Waals surface area (Å²) >= 11 is 1.57. The van der Waals surface area contributed by atoms with Gasteiger partial charge >= 0.3 is 13.1 Å². The first kappa shape index (κ1) is 12.1. The van der Waals surface area contributed by atoms with Gasteiger partial charge in [-0.3, -0.25) is 4.79 Å². The van der Waals surface area contributed by atoms with Gasteiger partial charge in [-0.2, -0.15) is 0 Å². The number of benzene rings is 1. The monoisotopic (exact) mass is 264 g/mol. The summed E-state index contributed by atoms with van der Waals surface area (Å²) in [6.07, 6.45) is -0.159. The van der Waals surface area contributed by atoms with Crippen LogP contribution in [0.25, 0.3) is 0 Å². The largest absolute Gasteiger partial charge is 0.494 e. The lowest BCUT2D eigenvalue weighted by molar-refractivity contribution is -0.145. The maximum absolute atomic E-state index is 11.0. The molecular weight excluding hydrogens is 251 g/mol. The number of carbonyl (C=O) groups excluding carboxylic acids is 1. The van der Waals surface area contributed by atoms with Gasteiger partial charge in [0, 0.05) is 12.7 Å². The van der Waals surface area contributed by atoms with E-state index in [9.17, 15) is 4.79 Å². The predicted molar refractivity (Wildman–Crippen MR) is 69.6 cm³/mol. The van der Waals surface area contributed by atoms with E-state index in [2.05, 4.69) is 0 Å². The third kappa shape index (κ3) is 2.28. The number of esters is 1. The van der Waals surface area contributed by atoms with E-state index >= 15 is 0 Å². The van der Waals surface area contributed by atoms with Gasteiger partial charge in [0.25, 0.3) is 0 Å². The Morgan fingerprint density at radius 2 is 2.17 bits per heavy atom. The normalized spacial score (nSPS) is 30.3. The Morgan fingerprint density at radius 3 is 2.89 bits per heavy atom. The fourth-order valence-electron chi connectivity index (χ4n) is 2.19. The van der Waals surface area contributed by atoms with E-state index in [0.29, 0.717) is 0 Å². The van der Waals surface area contributed by atoms with Gasteiger partial charge in [-0.15, -0.1) is 11.8 Å². The average molecular weight is 264 g/mol. The van der Waals surface area contributed by atoms with Crippen LogP contribution < -0.4 is 5.46 Å². The molecule has 94 valence electrons. The molecule has 3 atom stereocenters. The first-order chi connectivity index (χ1) is 8.74. The molecule has 2 saturated heterocycles. The lowest BCUT2D eigenvalue weighted by atomic mass is 9.79. The van der Waals surface area contributed by atoms with E-state index in [1.807, 2.05) is 30.3 Å². The molecule has 0 radical (unpaired) electrons. The van der Waals surface area contributed by atoms with E-state index in [0.717, 1.165) is 11.2 Å². The zero-order valence-electron chi connectivity index (χ0n) is 9.94. The van der Waals surface area contributed by atoms with Crippen LogP contribution in [-0.2, 0) is 18.8 Å². The molecule has 0 amide bonds. The quantitative estimate of drug-likeness (QED) is 0.584. The smallest absolute Gasteiger partial charge is 0.449 e. The van der Waals surface area contributed by atoms with Gasteiger partial charge < -0.3 is 14.0 Å². The summed E-state index contributed by atoms with van der Waals surface area (Å²) in [6.45, 7) is 1.42. The zero-order valence-corrected chi connectivity index (χ0v) is 10.8. The topological polar surface area (TPSA) is 44.8 Å². The number of thioether (sulfide) groups is 1. The number of hydrogen-bond acceptors (Lipinski definition) is 5. The number of ether oxygens (including phenoxy) is 1. The molecule has 0 aliphatic carbocycles. The minimum atomic E-state index is -0.347. The Balaban J connectivity index is 1.70. The van der Waals surface area contributed by atoms with Crippen LogP contribution in [0.3, 0.4) is 0 Å². The highest BCUT2D eigenvalue weighted by molar-refractivity contribution is 8.00. The molecule has 0 N–H and O–H groups in total. The van der Waals surface area contributed by atoms with Crippen LogP contribution >= 0.6 is 11.8 Å². The second-order valence-electron chi connectivity index (χ2n) is 4.33. The van der Waals surface area contributed by atoms with Crippen LogP contribution in [0.4, 0.5) is 0 Å². The zero-order chi connectivity index (χ0) is 12.5. The maximum atomic E-state index is 11.0. The Morgan fingerprint density at radius 1 is 1.39 bits per heavy atom. The number of rotatable bonds is 2. The van der Waals surface area contributed by atoms with Crippen molar-refractivity contribution in [3.05, 3.63) is 30.3 Å². The lowest BCUT2D eigenvalue weighted by Gasteiger charge is -2.16. The van der Waals surface area contributed by atoms with Gasteiger partial charge in [-0.25, -0.2) is 0 Å². The molecule has 3 unspecified atom stereocenters.